The molecule has 0 radical (unpaired) electrons. The van der Waals surface area contributed by atoms with Crippen LogP contribution in [-0.2, 0) is 11.8 Å². The standard InChI is InChI=1S/C26H37N3O2/c1-7-9-10-11-19(3)16-21(25(8-2)31-6)17-23(24-18-29(4)26(27)28-24)20-12-14-22(30-5)15-13-20/h8,10-16,18,21,23,25H,2,7,9,17H2,1,3-6H3,(H2,27,28)/b11-10+,19-16+. The van der Waals surface area contributed by atoms with Gasteiger partial charge in [-0.2, -0.15) is 0 Å². The second kappa shape index (κ2) is 12.2. The van der Waals surface area contributed by atoms with Gasteiger partial charge in [-0.05, 0) is 37.5 Å². The lowest BCUT2D eigenvalue weighted by molar-refractivity contribution is 0.102. The summed E-state index contributed by atoms with van der Waals surface area (Å²) in [4.78, 5) is 4.64. The molecule has 168 valence electrons. The zero-order chi connectivity index (χ0) is 22.8. The maximum Gasteiger partial charge on any atom is 0.200 e. The highest BCUT2D eigenvalue weighted by Crippen LogP contribution is 2.34. The fourth-order valence-corrected chi connectivity index (χ4v) is 3.78. The molecule has 5 nitrogen and oxygen atoms in total. The Hall–Kier alpha value is -2.79. The Kier molecular flexibility index (Phi) is 9.60. The summed E-state index contributed by atoms with van der Waals surface area (Å²) in [7, 11) is 5.32. The lowest BCUT2D eigenvalue weighted by atomic mass is 9.83. The van der Waals surface area contributed by atoms with Crippen LogP contribution >= 0.6 is 0 Å². The van der Waals surface area contributed by atoms with Crippen molar-refractivity contribution < 1.29 is 9.47 Å². The van der Waals surface area contributed by atoms with Gasteiger partial charge in [0, 0.05) is 32.2 Å². The largest absolute Gasteiger partial charge is 0.497 e. The number of nitrogens with two attached hydrogens (primary N) is 1. The van der Waals surface area contributed by atoms with Crippen LogP contribution in [0.3, 0.4) is 0 Å². The molecule has 1 heterocycles. The van der Waals surface area contributed by atoms with Crippen LogP contribution < -0.4 is 10.5 Å². The molecule has 2 N–H and O–H groups in total. The Bertz CT molecular complexity index is 861. The number of rotatable bonds is 12. The lowest BCUT2D eigenvalue weighted by Crippen LogP contribution is -2.22. The van der Waals surface area contributed by atoms with Gasteiger partial charge in [-0.25, -0.2) is 4.98 Å². The Morgan fingerprint density at radius 3 is 2.48 bits per heavy atom. The predicted octanol–water partition coefficient (Wildman–Crippen LogP) is 5.65. The van der Waals surface area contributed by atoms with Gasteiger partial charge in [0.05, 0.1) is 18.9 Å². The first-order valence-electron chi connectivity index (χ1n) is 10.9. The van der Waals surface area contributed by atoms with Gasteiger partial charge in [0.15, 0.2) is 5.95 Å². The fraction of sp³-hybridized carbons (Fsp3) is 0.423. The summed E-state index contributed by atoms with van der Waals surface area (Å²) < 4.78 is 13.0. The topological polar surface area (TPSA) is 62.3 Å². The molecule has 31 heavy (non-hydrogen) atoms. The van der Waals surface area contributed by atoms with Crippen LogP contribution in [-0.4, -0.2) is 29.9 Å². The number of methoxy groups -OCH3 is 2. The van der Waals surface area contributed by atoms with E-state index in [2.05, 4.69) is 55.8 Å². The van der Waals surface area contributed by atoms with Crippen molar-refractivity contribution in [3.63, 3.8) is 0 Å². The summed E-state index contributed by atoms with van der Waals surface area (Å²) in [5.74, 6) is 1.52. The smallest absolute Gasteiger partial charge is 0.200 e. The minimum atomic E-state index is -0.101. The Labute approximate surface area is 187 Å². The van der Waals surface area contributed by atoms with E-state index in [-0.39, 0.29) is 17.9 Å². The number of anilines is 1. The molecule has 3 unspecified atom stereocenters. The van der Waals surface area contributed by atoms with Crippen molar-refractivity contribution in [1.29, 1.82) is 0 Å². The molecule has 0 aliphatic heterocycles. The van der Waals surface area contributed by atoms with Crippen molar-refractivity contribution in [2.75, 3.05) is 20.0 Å². The maximum atomic E-state index is 6.06. The van der Waals surface area contributed by atoms with Gasteiger partial charge in [-0.3, -0.25) is 0 Å². The molecule has 5 heteroatoms. The zero-order valence-electron chi connectivity index (χ0n) is 19.5. The third kappa shape index (κ3) is 6.86. The van der Waals surface area contributed by atoms with Gasteiger partial charge < -0.3 is 19.8 Å². The summed E-state index contributed by atoms with van der Waals surface area (Å²) in [6.45, 7) is 8.32. The van der Waals surface area contributed by atoms with E-state index in [0.29, 0.717) is 5.95 Å². The molecule has 0 spiro atoms. The van der Waals surface area contributed by atoms with E-state index in [1.807, 2.05) is 36.0 Å². The first kappa shape index (κ1) is 24.5. The van der Waals surface area contributed by atoms with E-state index in [9.17, 15) is 0 Å². The summed E-state index contributed by atoms with van der Waals surface area (Å²) in [5.41, 5.74) is 9.39. The second-order valence-electron chi connectivity index (χ2n) is 7.90. The Morgan fingerprint density at radius 1 is 1.26 bits per heavy atom. The number of benzene rings is 1. The molecule has 0 aliphatic rings. The number of aromatic nitrogens is 2. The molecule has 0 amide bonds. The van der Waals surface area contributed by atoms with Crippen LogP contribution in [0.5, 0.6) is 5.75 Å². The van der Waals surface area contributed by atoms with Crippen LogP contribution in [0.25, 0.3) is 0 Å². The van der Waals surface area contributed by atoms with Gasteiger partial charge in [-0.15, -0.1) is 6.58 Å². The van der Waals surface area contributed by atoms with Gasteiger partial charge in [0.2, 0.25) is 0 Å². The van der Waals surface area contributed by atoms with E-state index < -0.39 is 0 Å². The predicted molar refractivity (Wildman–Crippen MR) is 129 cm³/mol. The molecular formula is C26H37N3O2. The third-order valence-electron chi connectivity index (χ3n) is 5.55. The Morgan fingerprint density at radius 2 is 1.97 bits per heavy atom. The van der Waals surface area contributed by atoms with Crippen molar-refractivity contribution in [3.05, 3.63) is 78.2 Å². The average molecular weight is 424 g/mol. The van der Waals surface area contributed by atoms with Crippen molar-refractivity contribution in [3.8, 4) is 5.75 Å². The van der Waals surface area contributed by atoms with E-state index >= 15 is 0 Å². The molecule has 0 saturated carbocycles. The monoisotopic (exact) mass is 423 g/mol. The third-order valence-corrected chi connectivity index (χ3v) is 5.55. The molecule has 0 bridgehead atoms. The van der Waals surface area contributed by atoms with Crippen molar-refractivity contribution in [2.24, 2.45) is 13.0 Å². The number of hydrogen-bond donors (Lipinski definition) is 1. The van der Waals surface area contributed by atoms with Crippen molar-refractivity contribution >= 4 is 5.95 Å². The highest BCUT2D eigenvalue weighted by molar-refractivity contribution is 5.36. The lowest BCUT2D eigenvalue weighted by Gasteiger charge is -2.26. The van der Waals surface area contributed by atoms with Crippen LogP contribution in [0.15, 0.2) is 66.9 Å². The summed E-state index contributed by atoms with van der Waals surface area (Å²) in [5, 5.41) is 0. The fourth-order valence-electron chi connectivity index (χ4n) is 3.78. The molecule has 1 aromatic heterocycles. The van der Waals surface area contributed by atoms with Gasteiger partial charge in [0.25, 0.3) is 0 Å². The number of unbranched alkanes of at least 4 members (excludes halogenated alkanes) is 1. The average Bonchev–Trinajstić information content (AvgIpc) is 3.10. The molecule has 0 saturated heterocycles. The first-order chi connectivity index (χ1) is 14.9. The van der Waals surface area contributed by atoms with E-state index in [1.165, 1.54) is 5.57 Å². The van der Waals surface area contributed by atoms with Crippen molar-refractivity contribution in [2.45, 2.75) is 45.1 Å². The minimum Gasteiger partial charge on any atom is -0.497 e. The van der Waals surface area contributed by atoms with Gasteiger partial charge in [0.1, 0.15) is 5.75 Å². The normalized spacial score (nSPS) is 15.1. The molecule has 0 aliphatic carbocycles. The van der Waals surface area contributed by atoms with E-state index in [0.717, 1.165) is 36.3 Å². The minimum absolute atomic E-state index is 0.0562. The van der Waals surface area contributed by atoms with Crippen LogP contribution in [0.1, 0.15) is 50.3 Å². The van der Waals surface area contributed by atoms with Crippen molar-refractivity contribution in [1.82, 2.24) is 9.55 Å². The van der Waals surface area contributed by atoms with Gasteiger partial charge >= 0.3 is 0 Å². The molecular weight excluding hydrogens is 386 g/mol. The number of aryl methyl sites for hydroxylation is 1. The highest BCUT2D eigenvalue weighted by atomic mass is 16.5. The van der Waals surface area contributed by atoms with E-state index in [1.54, 1.807) is 14.2 Å². The molecule has 3 atom stereocenters. The van der Waals surface area contributed by atoms with Crippen LogP contribution in [0.2, 0.25) is 0 Å². The summed E-state index contributed by atoms with van der Waals surface area (Å²) >= 11 is 0. The number of ether oxygens (including phenoxy) is 2. The Balaban J connectivity index is 2.45. The second-order valence-corrected chi connectivity index (χ2v) is 7.90. The maximum absolute atomic E-state index is 6.06. The molecule has 1 aromatic carbocycles. The summed E-state index contributed by atoms with van der Waals surface area (Å²) in [6, 6.07) is 8.16. The molecule has 2 rings (SSSR count). The number of hydrogen-bond acceptors (Lipinski definition) is 4. The van der Waals surface area contributed by atoms with E-state index in [4.69, 9.17) is 15.2 Å². The SMILES string of the molecule is C=CC(OC)C(/C=C(C)/C=C/CCC)CC(c1ccc(OC)cc1)c1cn(C)c(N)n1. The zero-order valence-corrected chi connectivity index (χ0v) is 19.5. The quantitative estimate of drug-likeness (QED) is 0.354. The first-order valence-corrected chi connectivity index (χ1v) is 10.9. The van der Waals surface area contributed by atoms with Crippen LogP contribution in [0, 0.1) is 5.92 Å². The summed E-state index contributed by atoms with van der Waals surface area (Å²) in [6.07, 6.45) is 13.5. The number of allylic oxidation sites excluding steroid dienone is 3. The van der Waals surface area contributed by atoms with Gasteiger partial charge in [-0.1, -0.05) is 55.4 Å². The molecule has 0 fully saturated rings. The van der Waals surface area contributed by atoms with Crippen LogP contribution in [0.4, 0.5) is 5.95 Å². The highest BCUT2D eigenvalue weighted by Gasteiger charge is 2.26. The number of nitrogen functional groups attached to an aromatic ring is 1. The number of imidazole rings is 1. The molecule has 2 aromatic rings. The number of nitrogens with zero attached hydrogens (tertiary/aromatic N) is 2.